The average Bonchev–Trinajstić information content (AvgIpc) is 2.37. The predicted molar refractivity (Wildman–Crippen MR) is 76.7 cm³/mol. The normalized spacial score (nSPS) is 14.4. The van der Waals surface area contributed by atoms with Gasteiger partial charge < -0.3 is 15.8 Å². The predicted octanol–water partition coefficient (Wildman–Crippen LogP) is 1.96. The topological polar surface area (TPSA) is 47.3 Å². The van der Waals surface area contributed by atoms with Gasteiger partial charge in [-0.1, -0.05) is 30.3 Å². The van der Waals surface area contributed by atoms with E-state index in [1.54, 1.807) is 7.11 Å². The molecule has 0 bridgehead atoms. The minimum atomic E-state index is 0.400. The molecule has 3 heteroatoms. The van der Waals surface area contributed by atoms with Crippen LogP contribution in [0.5, 0.6) is 0 Å². The summed E-state index contributed by atoms with van der Waals surface area (Å²) in [6.07, 6.45) is 3.16. The highest BCUT2D eigenvalue weighted by atomic mass is 16.5. The fourth-order valence-electron chi connectivity index (χ4n) is 2.21. The van der Waals surface area contributed by atoms with Crippen molar-refractivity contribution in [2.45, 2.75) is 38.3 Å². The summed E-state index contributed by atoms with van der Waals surface area (Å²) in [5.74, 6) is 0. The molecule has 0 radical (unpaired) electrons. The average molecular weight is 250 g/mol. The zero-order valence-electron chi connectivity index (χ0n) is 11.6. The molecule has 18 heavy (non-hydrogen) atoms. The Bertz CT molecular complexity index is 303. The Labute approximate surface area is 111 Å². The van der Waals surface area contributed by atoms with E-state index in [1.165, 1.54) is 5.56 Å². The van der Waals surface area contributed by atoms with E-state index in [1.807, 2.05) is 0 Å². The number of ether oxygens (including phenoxy) is 1. The molecule has 0 aliphatic carbocycles. The molecule has 3 nitrogen and oxygen atoms in total. The minimum Gasteiger partial charge on any atom is -0.383 e. The smallest absolute Gasteiger partial charge is 0.0615 e. The Morgan fingerprint density at radius 3 is 2.61 bits per heavy atom. The van der Waals surface area contributed by atoms with Gasteiger partial charge in [-0.3, -0.25) is 0 Å². The van der Waals surface area contributed by atoms with E-state index in [0.29, 0.717) is 12.1 Å². The molecule has 0 aromatic heterocycles. The van der Waals surface area contributed by atoms with Crippen LogP contribution < -0.4 is 11.1 Å². The van der Waals surface area contributed by atoms with Gasteiger partial charge in [0.2, 0.25) is 0 Å². The summed E-state index contributed by atoms with van der Waals surface area (Å²) in [5, 5.41) is 3.62. The number of nitrogens with one attached hydrogen (secondary N) is 1. The standard InChI is InChI=1S/C15H26N2O/c1-13(11-14-7-4-3-5-8-14)17-15(12-18-2)9-6-10-16/h3-5,7-8,13,15,17H,6,9-12,16H2,1-2H3. The first-order valence-corrected chi connectivity index (χ1v) is 6.75. The highest BCUT2D eigenvalue weighted by molar-refractivity contribution is 5.15. The zero-order valence-corrected chi connectivity index (χ0v) is 11.6. The van der Waals surface area contributed by atoms with Crippen molar-refractivity contribution in [1.82, 2.24) is 5.32 Å². The highest BCUT2D eigenvalue weighted by Gasteiger charge is 2.11. The molecule has 0 amide bonds. The van der Waals surface area contributed by atoms with Crippen LogP contribution in [0.25, 0.3) is 0 Å². The van der Waals surface area contributed by atoms with Gasteiger partial charge in [-0.25, -0.2) is 0 Å². The molecule has 0 heterocycles. The number of hydrogen-bond donors (Lipinski definition) is 2. The number of benzene rings is 1. The van der Waals surface area contributed by atoms with Gasteiger partial charge in [0.15, 0.2) is 0 Å². The lowest BCUT2D eigenvalue weighted by molar-refractivity contribution is 0.156. The molecule has 0 aliphatic heterocycles. The molecule has 1 aromatic carbocycles. The minimum absolute atomic E-state index is 0.400. The van der Waals surface area contributed by atoms with Crippen LogP contribution >= 0.6 is 0 Å². The highest BCUT2D eigenvalue weighted by Crippen LogP contribution is 2.05. The van der Waals surface area contributed by atoms with Crippen molar-refractivity contribution in [3.05, 3.63) is 35.9 Å². The Morgan fingerprint density at radius 2 is 2.00 bits per heavy atom. The summed E-state index contributed by atoms with van der Waals surface area (Å²) in [7, 11) is 1.75. The third-order valence-electron chi connectivity index (χ3n) is 3.03. The van der Waals surface area contributed by atoms with E-state index < -0.39 is 0 Å². The van der Waals surface area contributed by atoms with Crippen LogP contribution in [0.2, 0.25) is 0 Å². The summed E-state index contributed by atoms with van der Waals surface area (Å²) >= 11 is 0. The summed E-state index contributed by atoms with van der Waals surface area (Å²) < 4.78 is 5.25. The van der Waals surface area contributed by atoms with Crippen LogP contribution in [0.15, 0.2) is 30.3 Å². The van der Waals surface area contributed by atoms with Crippen LogP contribution in [0.1, 0.15) is 25.3 Å². The van der Waals surface area contributed by atoms with Gasteiger partial charge in [0, 0.05) is 19.2 Å². The van der Waals surface area contributed by atoms with Gasteiger partial charge in [-0.05, 0) is 38.3 Å². The van der Waals surface area contributed by atoms with Crippen LogP contribution in [-0.4, -0.2) is 32.3 Å². The summed E-state index contributed by atoms with van der Waals surface area (Å²) in [4.78, 5) is 0. The molecular weight excluding hydrogens is 224 g/mol. The molecule has 1 aromatic rings. The van der Waals surface area contributed by atoms with Crippen LogP contribution in [-0.2, 0) is 11.2 Å². The van der Waals surface area contributed by atoms with Crippen molar-refractivity contribution in [3.8, 4) is 0 Å². The lowest BCUT2D eigenvalue weighted by Gasteiger charge is -2.23. The lowest BCUT2D eigenvalue weighted by Crippen LogP contribution is -2.40. The van der Waals surface area contributed by atoms with E-state index >= 15 is 0 Å². The summed E-state index contributed by atoms with van der Waals surface area (Å²) in [6.45, 7) is 3.71. The lowest BCUT2D eigenvalue weighted by atomic mass is 10.1. The Hall–Kier alpha value is -0.900. The second-order valence-electron chi connectivity index (χ2n) is 4.84. The van der Waals surface area contributed by atoms with Gasteiger partial charge >= 0.3 is 0 Å². The van der Waals surface area contributed by atoms with Crippen molar-refractivity contribution in [3.63, 3.8) is 0 Å². The summed E-state index contributed by atoms with van der Waals surface area (Å²) in [6, 6.07) is 11.4. The molecule has 3 N–H and O–H groups in total. The van der Waals surface area contributed by atoms with Gasteiger partial charge in [0.05, 0.1) is 6.61 Å². The largest absolute Gasteiger partial charge is 0.383 e. The maximum Gasteiger partial charge on any atom is 0.0615 e. The first kappa shape index (κ1) is 15.2. The molecule has 0 spiro atoms. The van der Waals surface area contributed by atoms with E-state index in [4.69, 9.17) is 10.5 Å². The van der Waals surface area contributed by atoms with E-state index in [-0.39, 0.29) is 0 Å². The van der Waals surface area contributed by atoms with Crippen LogP contribution in [0.4, 0.5) is 0 Å². The molecule has 102 valence electrons. The number of hydrogen-bond acceptors (Lipinski definition) is 3. The Kier molecular flexibility index (Phi) is 7.65. The van der Waals surface area contributed by atoms with Gasteiger partial charge in [0.1, 0.15) is 0 Å². The number of methoxy groups -OCH3 is 1. The van der Waals surface area contributed by atoms with E-state index in [2.05, 4.69) is 42.6 Å². The molecule has 1 rings (SSSR count). The molecule has 0 saturated heterocycles. The molecule has 2 unspecified atom stereocenters. The van der Waals surface area contributed by atoms with E-state index in [9.17, 15) is 0 Å². The quantitative estimate of drug-likeness (QED) is 0.704. The zero-order chi connectivity index (χ0) is 13.2. The van der Waals surface area contributed by atoms with E-state index in [0.717, 1.165) is 32.4 Å². The fraction of sp³-hybridized carbons (Fsp3) is 0.600. The van der Waals surface area contributed by atoms with Crippen molar-refractivity contribution in [1.29, 1.82) is 0 Å². The van der Waals surface area contributed by atoms with Crippen molar-refractivity contribution in [2.24, 2.45) is 5.73 Å². The fourth-order valence-corrected chi connectivity index (χ4v) is 2.21. The molecule has 0 aliphatic rings. The van der Waals surface area contributed by atoms with Gasteiger partial charge in [0.25, 0.3) is 0 Å². The molecule has 2 atom stereocenters. The first-order valence-electron chi connectivity index (χ1n) is 6.75. The maximum absolute atomic E-state index is 5.56. The molecule has 0 saturated carbocycles. The number of rotatable bonds is 9. The second kappa shape index (κ2) is 9.09. The molecule has 0 fully saturated rings. The van der Waals surface area contributed by atoms with Crippen molar-refractivity contribution < 1.29 is 4.74 Å². The molecular formula is C15H26N2O. The monoisotopic (exact) mass is 250 g/mol. The SMILES string of the molecule is COCC(CCCN)NC(C)Cc1ccccc1. The van der Waals surface area contributed by atoms with Gasteiger partial charge in [-0.2, -0.15) is 0 Å². The van der Waals surface area contributed by atoms with Crippen molar-refractivity contribution >= 4 is 0 Å². The van der Waals surface area contributed by atoms with Gasteiger partial charge in [-0.15, -0.1) is 0 Å². The Morgan fingerprint density at radius 1 is 1.28 bits per heavy atom. The van der Waals surface area contributed by atoms with Crippen LogP contribution in [0, 0.1) is 0 Å². The third-order valence-corrected chi connectivity index (χ3v) is 3.03. The maximum atomic E-state index is 5.56. The third kappa shape index (κ3) is 6.15. The second-order valence-corrected chi connectivity index (χ2v) is 4.84. The Balaban J connectivity index is 2.37. The first-order chi connectivity index (χ1) is 8.76. The number of nitrogens with two attached hydrogens (primary N) is 1. The summed E-state index contributed by atoms with van der Waals surface area (Å²) in [5.41, 5.74) is 6.93. The van der Waals surface area contributed by atoms with Crippen LogP contribution in [0.3, 0.4) is 0 Å². The van der Waals surface area contributed by atoms with Crippen molar-refractivity contribution in [2.75, 3.05) is 20.3 Å².